The Bertz CT molecular complexity index is 1140. The minimum Gasteiger partial charge on any atom is -0.330 e. The number of imidazole rings is 1. The molecule has 0 radical (unpaired) electrons. The molecule has 0 aliphatic rings. The number of nitrogens with zero attached hydrogens (tertiary/aromatic N) is 3. The van der Waals surface area contributed by atoms with E-state index in [1.165, 1.54) is 22.7 Å². The standard InChI is InChI=1S/C20H14F3N5O/c21-20(22,23)17(14-4-3-8-25-12-14)27-19(29)18-26-16(13-6-9-24-10-7-13)15-5-1-2-11-28(15)18/h1-12,17H,(H,27,29)/p+1. The van der Waals surface area contributed by atoms with Crippen LogP contribution in [0.4, 0.5) is 13.2 Å². The Morgan fingerprint density at radius 2 is 1.83 bits per heavy atom. The van der Waals surface area contributed by atoms with Crippen molar-refractivity contribution in [2.75, 3.05) is 0 Å². The molecule has 146 valence electrons. The maximum atomic E-state index is 13.6. The van der Waals surface area contributed by atoms with Gasteiger partial charge in [-0.1, -0.05) is 12.1 Å². The van der Waals surface area contributed by atoms with Crippen LogP contribution in [0.25, 0.3) is 16.8 Å². The number of hydrogen-bond acceptors (Lipinski definition) is 3. The molecule has 2 N–H and O–H groups in total. The fourth-order valence-corrected chi connectivity index (χ4v) is 3.09. The van der Waals surface area contributed by atoms with Gasteiger partial charge in [0.1, 0.15) is 0 Å². The first-order chi connectivity index (χ1) is 13.9. The topological polar surface area (TPSA) is 74.8 Å². The number of halogens is 3. The molecule has 1 amide bonds. The van der Waals surface area contributed by atoms with Crippen molar-refractivity contribution in [3.63, 3.8) is 0 Å². The Morgan fingerprint density at radius 1 is 1.03 bits per heavy atom. The summed E-state index contributed by atoms with van der Waals surface area (Å²) in [6, 6.07) is 9.21. The van der Waals surface area contributed by atoms with Crippen LogP contribution in [0, 0.1) is 0 Å². The molecule has 0 aliphatic heterocycles. The van der Waals surface area contributed by atoms with Gasteiger partial charge >= 0.3 is 17.9 Å². The third-order valence-electron chi connectivity index (χ3n) is 4.40. The van der Waals surface area contributed by atoms with E-state index in [1.54, 1.807) is 48.9 Å². The molecule has 4 aromatic heterocycles. The molecule has 1 atom stereocenters. The maximum Gasteiger partial charge on any atom is 0.412 e. The van der Waals surface area contributed by atoms with E-state index in [1.807, 2.05) is 0 Å². The number of aromatic nitrogens is 4. The van der Waals surface area contributed by atoms with Gasteiger partial charge in [0.05, 0.1) is 6.20 Å². The Balaban J connectivity index is 1.76. The van der Waals surface area contributed by atoms with Crippen LogP contribution >= 0.6 is 0 Å². The zero-order chi connectivity index (χ0) is 20.4. The lowest BCUT2D eigenvalue weighted by atomic mass is 10.1. The van der Waals surface area contributed by atoms with Crippen LogP contribution in [-0.4, -0.2) is 27.0 Å². The molecule has 4 heterocycles. The SMILES string of the molecule is O=C(NC(c1cccnc1)C(F)(F)F)c1[nH]c(-c2ccncc2)c2cccc[n+]12. The Labute approximate surface area is 163 Å². The summed E-state index contributed by atoms with van der Waals surface area (Å²) < 4.78 is 42.3. The van der Waals surface area contributed by atoms with Crippen molar-refractivity contribution in [2.45, 2.75) is 12.2 Å². The fraction of sp³-hybridized carbons (Fsp3) is 0.100. The maximum absolute atomic E-state index is 13.6. The van der Waals surface area contributed by atoms with Gasteiger partial charge < -0.3 is 5.32 Å². The van der Waals surface area contributed by atoms with E-state index in [0.717, 1.165) is 11.8 Å². The van der Waals surface area contributed by atoms with Crippen LogP contribution < -0.4 is 9.72 Å². The summed E-state index contributed by atoms with van der Waals surface area (Å²) in [5, 5.41) is 2.08. The molecule has 9 heteroatoms. The van der Waals surface area contributed by atoms with Crippen LogP contribution in [0.1, 0.15) is 22.2 Å². The van der Waals surface area contributed by atoms with Gasteiger partial charge in [-0.25, -0.2) is 4.98 Å². The van der Waals surface area contributed by atoms with Crippen LogP contribution in [0.5, 0.6) is 0 Å². The van der Waals surface area contributed by atoms with Crippen LogP contribution in [0.15, 0.2) is 73.4 Å². The minimum atomic E-state index is -4.68. The number of H-pyrrole nitrogens is 1. The number of pyridine rings is 3. The minimum absolute atomic E-state index is 0.0226. The van der Waals surface area contributed by atoms with E-state index in [0.29, 0.717) is 11.2 Å². The quantitative estimate of drug-likeness (QED) is 0.519. The van der Waals surface area contributed by atoms with E-state index in [4.69, 9.17) is 0 Å². The summed E-state index contributed by atoms with van der Waals surface area (Å²) >= 11 is 0. The van der Waals surface area contributed by atoms with Crippen molar-refractivity contribution < 1.29 is 22.4 Å². The second-order valence-corrected chi connectivity index (χ2v) is 6.27. The van der Waals surface area contributed by atoms with Crippen molar-refractivity contribution >= 4 is 11.4 Å². The van der Waals surface area contributed by atoms with Gasteiger partial charge in [0, 0.05) is 35.9 Å². The monoisotopic (exact) mass is 398 g/mol. The number of hydrogen-bond donors (Lipinski definition) is 2. The summed E-state index contributed by atoms with van der Waals surface area (Å²) in [6.07, 6.45) is 2.57. The van der Waals surface area contributed by atoms with Crippen LogP contribution in [0.3, 0.4) is 0 Å². The molecule has 0 saturated heterocycles. The van der Waals surface area contributed by atoms with Crippen molar-refractivity contribution in [2.24, 2.45) is 0 Å². The number of carbonyl (C=O) groups is 1. The van der Waals surface area contributed by atoms with Crippen molar-refractivity contribution in [1.29, 1.82) is 0 Å². The lowest BCUT2D eigenvalue weighted by Crippen LogP contribution is -2.42. The largest absolute Gasteiger partial charge is 0.412 e. The highest BCUT2D eigenvalue weighted by Crippen LogP contribution is 2.32. The Morgan fingerprint density at radius 3 is 2.52 bits per heavy atom. The molecule has 29 heavy (non-hydrogen) atoms. The van der Waals surface area contributed by atoms with Gasteiger partial charge in [-0.15, -0.1) is 0 Å². The van der Waals surface area contributed by atoms with E-state index >= 15 is 0 Å². The van der Waals surface area contributed by atoms with E-state index in [-0.39, 0.29) is 11.4 Å². The van der Waals surface area contributed by atoms with E-state index < -0.39 is 18.1 Å². The van der Waals surface area contributed by atoms with E-state index in [9.17, 15) is 18.0 Å². The van der Waals surface area contributed by atoms with Gasteiger partial charge in [-0.3, -0.25) is 14.8 Å². The first-order valence-electron chi connectivity index (χ1n) is 8.65. The molecule has 4 aromatic rings. The molecular weight excluding hydrogens is 383 g/mol. The van der Waals surface area contributed by atoms with Crippen LogP contribution in [-0.2, 0) is 0 Å². The third-order valence-corrected chi connectivity index (χ3v) is 4.40. The first-order valence-corrected chi connectivity index (χ1v) is 8.65. The molecule has 0 aromatic carbocycles. The molecule has 6 nitrogen and oxygen atoms in total. The number of rotatable bonds is 4. The number of nitrogens with one attached hydrogen (secondary N) is 2. The molecule has 1 unspecified atom stereocenters. The molecular formula is C20H15F3N5O+. The zero-order valence-electron chi connectivity index (χ0n) is 14.9. The summed E-state index contributed by atoms with van der Waals surface area (Å²) in [7, 11) is 0. The normalized spacial score (nSPS) is 12.7. The zero-order valence-corrected chi connectivity index (χ0v) is 14.9. The molecule has 0 bridgehead atoms. The summed E-state index contributed by atoms with van der Waals surface area (Å²) in [5.74, 6) is -0.914. The third kappa shape index (κ3) is 3.66. The molecule has 0 aliphatic carbocycles. The summed E-state index contributed by atoms with van der Waals surface area (Å²) in [6.45, 7) is 0. The smallest absolute Gasteiger partial charge is 0.330 e. The predicted octanol–water partition coefficient (Wildman–Crippen LogP) is 3.24. The van der Waals surface area contributed by atoms with Crippen molar-refractivity contribution in [3.05, 3.63) is 84.8 Å². The van der Waals surface area contributed by atoms with Gasteiger partial charge in [-0.05, 0) is 30.3 Å². The average Bonchev–Trinajstić information content (AvgIpc) is 3.12. The Kier molecular flexibility index (Phi) is 4.71. The van der Waals surface area contributed by atoms with Crippen LogP contribution in [0.2, 0.25) is 0 Å². The van der Waals surface area contributed by atoms with Crippen molar-refractivity contribution in [1.82, 2.24) is 20.3 Å². The average molecular weight is 398 g/mol. The van der Waals surface area contributed by atoms with Gasteiger partial charge in [0.15, 0.2) is 17.3 Å². The van der Waals surface area contributed by atoms with Gasteiger partial charge in [0.25, 0.3) is 0 Å². The number of aromatic amines is 1. The fourth-order valence-electron chi connectivity index (χ4n) is 3.09. The van der Waals surface area contributed by atoms with Gasteiger partial charge in [-0.2, -0.15) is 17.6 Å². The summed E-state index contributed by atoms with van der Waals surface area (Å²) in [5.41, 5.74) is 1.85. The molecule has 0 spiro atoms. The number of carbonyl (C=O) groups excluding carboxylic acids is 1. The summed E-state index contributed by atoms with van der Waals surface area (Å²) in [4.78, 5) is 23.5. The highest BCUT2D eigenvalue weighted by molar-refractivity contribution is 5.91. The molecule has 4 rings (SSSR count). The number of alkyl halides is 3. The lowest BCUT2D eigenvalue weighted by molar-refractivity contribution is -0.514. The number of amides is 1. The van der Waals surface area contributed by atoms with Crippen molar-refractivity contribution in [3.8, 4) is 11.3 Å². The predicted molar refractivity (Wildman–Crippen MR) is 97.7 cm³/mol. The first kappa shape index (κ1) is 18.6. The molecule has 0 fully saturated rings. The Hall–Kier alpha value is -3.75. The molecule has 0 saturated carbocycles. The van der Waals surface area contributed by atoms with Gasteiger partial charge in [0.2, 0.25) is 0 Å². The highest BCUT2D eigenvalue weighted by atomic mass is 19.4. The second kappa shape index (κ2) is 7.34. The lowest BCUT2D eigenvalue weighted by Gasteiger charge is -2.20. The second-order valence-electron chi connectivity index (χ2n) is 6.27. The van der Waals surface area contributed by atoms with E-state index in [2.05, 4.69) is 20.3 Å². The number of fused-ring (bicyclic) bond motifs is 1. The highest BCUT2D eigenvalue weighted by Gasteiger charge is 2.43.